The second-order valence-electron chi connectivity index (χ2n) is 7.49. The molecule has 0 radical (unpaired) electrons. The summed E-state index contributed by atoms with van der Waals surface area (Å²) in [6.07, 6.45) is 1.06. The average molecular weight is 345 g/mol. The normalized spacial score (nSPS) is 27.5. The molecule has 6 heteroatoms. The zero-order valence-corrected chi connectivity index (χ0v) is 15.1. The first kappa shape index (κ1) is 16.7. The smallest absolute Gasteiger partial charge is 0.254 e. The van der Waals surface area contributed by atoms with Gasteiger partial charge in [0.1, 0.15) is 0 Å². The predicted octanol–water partition coefficient (Wildman–Crippen LogP) is 1.51. The van der Waals surface area contributed by atoms with Crippen LogP contribution >= 0.6 is 0 Å². The molecule has 6 nitrogen and oxygen atoms in total. The highest BCUT2D eigenvalue weighted by atomic mass is 16.7. The van der Waals surface area contributed by atoms with Crippen LogP contribution in [0, 0.1) is 5.92 Å². The maximum Gasteiger partial charge on any atom is 0.254 e. The van der Waals surface area contributed by atoms with Gasteiger partial charge in [0.15, 0.2) is 11.5 Å². The number of carbonyl (C=O) groups is 1. The topological polar surface area (TPSA) is 45.3 Å². The second-order valence-corrected chi connectivity index (χ2v) is 7.49. The third-order valence-electron chi connectivity index (χ3n) is 5.77. The highest BCUT2D eigenvalue weighted by Gasteiger charge is 2.34. The van der Waals surface area contributed by atoms with E-state index >= 15 is 0 Å². The lowest BCUT2D eigenvalue weighted by atomic mass is 9.91. The highest BCUT2D eigenvalue weighted by molar-refractivity contribution is 5.95. The molecule has 1 amide bonds. The Morgan fingerprint density at radius 1 is 1.08 bits per heavy atom. The van der Waals surface area contributed by atoms with Crippen molar-refractivity contribution in [1.29, 1.82) is 0 Å². The van der Waals surface area contributed by atoms with Crippen LogP contribution in [0.4, 0.5) is 0 Å². The molecular weight excluding hydrogens is 318 g/mol. The summed E-state index contributed by atoms with van der Waals surface area (Å²) in [5.74, 6) is 1.99. The van der Waals surface area contributed by atoms with Crippen molar-refractivity contribution < 1.29 is 14.3 Å². The van der Waals surface area contributed by atoms with Gasteiger partial charge in [0.25, 0.3) is 5.91 Å². The largest absolute Gasteiger partial charge is 0.454 e. The first-order valence-corrected chi connectivity index (χ1v) is 9.23. The summed E-state index contributed by atoms with van der Waals surface area (Å²) in [7, 11) is 2.19. The van der Waals surface area contributed by atoms with E-state index in [-0.39, 0.29) is 12.7 Å². The Labute approximate surface area is 149 Å². The minimum absolute atomic E-state index is 0.0991. The van der Waals surface area contributed by atoms with Crippen molar-refractivity contribution in [2.75, 3.05) is 53.1 Å². The molecule has 0 bridgehead atoms. The van der Waals surface area contributed by atoms with Crippen molar-refractivity contribution in [3.05, 3.63) is 23.8 Å². The van der Waals surface area contributed by atoms with E-state index < -0.39 is 0 Å². The molecule has 0 aromatic heterocycles. The van der Waals surface area contributed by atoms with Crippen LogP contribution in [0.2, 0.25) is 0 Å². The fourth-order valence-electron chi connectivity index (χ4n) is 4.23. The fraction of sp³-hybridized carbons (Fsp3) is 0.632. The minimum Gasteiger partial charge on any atom is -0.454 e. The number of hydrogen-bond acceptors (Lipinski definition) is 5. The van der Waals surface area contributed by atoms with Gasteiger partial charge in [0, 0.05) is 50.9 Å². The van der Waals surface area contributed by atoms with Crippen molar-refractivity contribution in [3.63, 3.8) is 0 Å². The monoisotopic (exact) mass is 345 g/mol. The average Bonchev–Trinajstić information content (AvgIpc) is 3.09. The molecule has 2 saturated heterocycles. The number of fused-ring (bicyclic) bond motifs is 1. The number of hydrogen-bond donors (Lipinski definition) is 0. The van der Waals surface area contributed by atoms with Gasteiger partial charge in [-0.15, -0.1) is 0 Å². The van der Waals surface area contributed by atoms with Gasteiger partial charge in [-0.25, -0.2) is 0 Å². The van der Waals surface area contributed by atoms with Gasteiger partial charge in [0.05, 0.1) is 0 Å². The van der Waals surface area contributed by atoms with E-state index in [4.69, 9.17) is 9.47 Å². The molecule has 2 atom stereocenters. The van der Waals surface area contributed by atoms with Gasteiger partial charge in [-0.3, -0.25) is 9.69 Å². The molecule has 25 heavy (non-hydrogen) atoms. The lowest BCUT2D eigenvalue weighted by molar-refractivity contribution is 0.0303. The Morgan fingerprint density at radius 2 is 1.84 bits per heavy atom. The summed E-state index contributed by atoms with van der Waals surface area (Å²) in [4.78, 5) is 19.9. The van der Waals surface area contributed by atoms with Gasteiger partial charge >= 0.3 is 0 Å². The van der Waals surface area contributed by atoms with Crippen LogP contribution < -0.4 is 9.47 Å². The lowest BCUT2D eigenvalue weighted by Crippen LogP contribution is -2.56. The van der Waals surface area contributed by atoms with E-state index in [0.717, 1.165) is 51.4 Å². The van der Waals surface area contributed by atoms with Crippen LogP contribution in [0.3, 0.4) is 0 Å². The standard InChI is InChI=1S/C19H27N3O3/c1-14-12-22(6-5-16(14)21-9-7-20(2)8-10-21)19(23)15-3-4-17-18(11-15)25-13-24-17/h3-4,11,14,16H,5-10,12-13H2,1-2H3. The fourth-order valence-corrected chi connectivity index (χ4v) is 4.23. The number of carbonyl (C=O) groups excluding carboxylic acids is 1. The lowest BCUT2D eigenvalue weighted by Gasteiger charge is -2.45. The minimum atomic E-state index is 0.0991. The maximum absolute atomic E-state index is 12.9. The third kappa shape index (κ3) is 3.33. The van der Waals surface area contributed by atoms with Gasteiger partial charge in [0.2, 0.25) is 6.79 Å². The number of ether oxygens (including phenoxy) is 2. The zero-order valence-electron chi connectivity index (χ0n) is 15.1. The van der Waals surface area contributed by atoms with Crippen LogP contribution in [0.25, 0.3) is 0 Å². The summed E-state index contributed by atoms with van der Waals surface area (Å²) < 4.78 is 10.7. The number of nitrogens with zero attached hydrogens (tertiary/aromatic N) is 3. The summed E-state index contributed by atoms with van der Waals surface area (Å²) in [6.45, 7) is 8.73. The molecular formula is C19H27N3O3. The molecule has 4 rings (SSSR count). The van der Waals surface area contributed by atoms with Gasteiger partial charge in [-0.2, -0.15) is 0 Å². The molecule has 2 fully saturated rings. The highest BCUT2D eigenvalue weighted by Crippen LogP contribution is 2.33. The molecule has 3 aliphatic rings. The molecule has 1 aromatic rings. The van der Waals surface area contributed by atoms with Crippen molar-refractivity contribution in [2.45, 2.75) is 19.4 Å². The number of piperazine rings is 1. The Kier molecular flexibility index (Phi) is 4.56. The van der Waals surface area contributed by atoms with Crippen molar-refractivity contribution in [3.8, 4) is 11.5 Å². The van der Waals surface area contributed by atoms with Gasteiger partial charge < -0.3 is 19.3 Å². The number of likely N-dealkylation sites (N-methyl/N-ethyl adjacent to an activating group) is 1. The Bertz CT molecular complexity index is 643. The number of likely N-dealkylation sites (tertiary alicyclic amines) is 1. The van der Waals surface area contributed by atoms with E-state index in [1.54, 1.807) is 0 Å². The van der Waals surface area contributed by atoms with Crippen molar-refractivity contribution >= 4 is 5.91 Å². The van der Waals surface area contributed by atoms with E-state index in [9.17, 15) is 4.79 Å². The quantitative estimate of drug-likeness (QED) is 0.813. The van der Waals surface area contributed by atoms with E-state index in [1.165, 1.54) is 0 Å². The number of rotatable bonds is 2. The molecule has 3 heterocycles. The predicted molar refractivity (Wildman–Crippen MR) is 95.1 cm³/mol. The Morgan fingerprint density at radius 3 is 2.60 bits per heavy atom. The summed E-state index contributed by atoms with van der Waals surface area (Å²) in [5.41, 5.74) is 0.689. The molecule has 0 aliphatic carbocycles. The second kappa shape index (κ2) is 6.84. The zero-order chi connectivity index (χ0) is 17.4. The molecule has 3 aliphatic heterocycles. The summed E-state index contributed by atoms with van der Waals surface area (Å²) >= 11 is 0. The molecule has 0 spiro atoms. The first-order valence-electron chi connectivity index (χ1n) is 9.23. The van der Waals surface area contributed by atoms with Crippen LogP contribution in [-0.4, -0.2) is 79.8 Å². The van der Waals surface area contributed by atoms with Crippen LogP contribution in [0.5, 0.6) is 11.5 Å². The SMILES string of the molecule is CC1CN(C(=O)c2ccc3c(c2)OCO3)CCC1N1CCN(C)CC1. The van der Waals surface area contributed by atoms with Crippen molar-refractivity contribution in [1.82, 2.24) is 14.7 Å². The van der Waals surface area contributed by atoms with E-state index in [0.29, 0.717) is 23.3 Å². The number of amides is 1. The van der Waals surface area contributed by atoms with E-state index in [1.807, 2.05) is 23.1 Å². The van der Waals surface area contributed by atoms with Crippen molar-refractivity contribution in [2.24, 2.45) is 5.92 Å². The van der Waals surface area contributed by atoms with Gasteiger partial charge in [-0.1, -0.05) is 6.92 Å². The molecule has 2 unspecified atom stereocenters. The molecule has 0 saturated carbocycles. The Hall–Kier alpha value is -1.79. The third-order valence-corrected chi connectivity index (χ3v) is 5.77. The number of piperidine rings is 1. The molecule has 136 valence electrons. The van der Waals surface area contributed by atoms with Crippen LogP contribution in [0.1, 0.15) is 23.7 Å². The first-order chi connectivity index (χ1) is 12.1. The molecule has 1 aromatic carbocycles. The van der Waals surface area contributed by atoms with Gasteiger partial charge in [-0.05, 0) is 37.6 Å². The van der Waals surface area contributed by atoms with Crippen LogP contribution in [-0.2, 0) is 0 Å². The summed E-state index contributed by atoms with van der Waals surface area (Å²) in [6, 6.07) is 6.07. The number of benzene rings is 1. The maximum atomic E-state index is 12.9. The molecule has 0 N–H and O–H groups in total. The van der Waals surface area contributed by atoms with Crippen LogP contribution in [0.15, 0.2) is 18.2 Å². The Balaban J connectivity index is 1.39. The summed E-state index contributed by atoms with van der Waals surface area (Å²) in [5, 5.41) is 0. The van der Waals surface area contributed by atoms with E-state index in [2.05, 4.69) is 23.8 Å².